The van der Waals surface area contributed by atoms with Gasteiger partial charge in [-0.2, -0.15) is 0 Å². The third-order valence-electron chi connectivity index (χ3n) is 4.19. The molecule has 1 aromatic heterocycles. The van der Waals surface area contributed by atoms with Crippen molar-refractivity contribution in [3.05, 3.63) is 76.3 Å². The molecule has 3 aromatic rings. The van der Waals surface area contributed by atoms with E-state index in [2.05, 4.69) is 10.3 Å². The van der Waals surface area contributed by atoms with E-state index in [1.165, 1.54) is 12.1 Å². The van der Waals surface area contributed by atoms with Gasteiger partial charge >= 0.3 is 6.03 Å². The second-order valence-corrected chi connectivity index (χ2v) is 6.38. The van der Waals surface area contributed by atoms with Crippen LogP contribution < -0.4 is 5.32 Å². The molecule has 1 aliphatic heterocycles. The van der Waals surface area contributed by atoms with Gasteiger partial charge in [-0.15, -0.1) is 0 Å². The van der Waals surface area contributed by atoms with Crippen molar-refractivity contribution in [3.8, 4) is 0 Å². The Labute approximate surface area is 153 Å². The molecule has 0 bridgehead atoms. The SMILES string of the molecule is O=C1NC(=Cc2c[nH]c3cc(Cl)ccc23)C(=O)N1Cc1ccc(F)cc1. The standard InChI is InChI=1S/C19H13ClFN3O2/c20-13-3-6-15-12(9-22-16(15)8-13)7-17-18(25)24(19(26)23-17)10-11-1-4-14(21)5-2-11/h1-9,22H,10H2,(H,23,26). The molecule has 0 radical (unpaired) electrons. The van der Waals surface area contributed by atoms with Gasteiger partial charge in [-0.25, -0.2) is 9.18 Å². The van der Waals surface area contributed by atoms with E-state index in [4.69, 9.17) is 11.6 Å². The van der Waals surface area contributed by atoms with E-state index >= 15 is 0 Å². The first-order valence-electron chi connectivity index (χ1n) is 7.87. The van der Waals surface area contributed by atoms with Crippen molar-refractivity contribution in [2.24, 2.45) is 0 Å². The molecule has 2 aromatic carbocycles. The number of hydrogen-bond donors (Lipinski definition) is 2. The van der Waals surface area contributed by atoms with Gasteiger partial charge in [-0.1, -0.05) is 29.8 Å². The van der Waals surface area contributed by atoms with Gasteiger partial charge in [0.15, 0.2) is 0 Å². The summed E-state index contributed by atoms with van der Waals surface area (Å²) in [4.78, 5) is 28.9. The summed E-state index contributed by atoms with van der Waals surface area (Å²) in [6, 6.07) is 10.6. The lowest BCUT2D eigenvalue weighted by Gasteiger charge is -2.11. The molecular formula is C19H13ClFN3O2. The highest BCUT2D eigenvalue weighted by atomic mass is 35.5. The molecule has 1 saturated heterocycles. The number of H-pyrrole nitrogens is 1. The van der Waals surface area contributed by atoms with Crippen molar-refractivity contribution in [2.75, 3.05) is 0 Å². The molecule has 26 heavy (non-hydrogen) atoms. The Balaban J connectivity index is 1.61. The summed E-state index contributed by atoms with van der Waals surface area (Å²) in [5.74, 6) is -0.798. The first-order valence-corrected chi connectivity index (χ1v) is 8.25. The molecule has 0 aliphatic carbocycles. The molecule has 0 spiro atoms. The molecule has 7 heteroatoms. The smallest absolute Gasteiger partial charge is 0.329 e. The summed E-state index contributed by atoms with van der Waals surface area (Å²) < 4.78 is 13.0. The second kappa shape index (κ2) is 6.31. The van der Waals surface area contributed by atoms with E-state index in [0.717, 1.165) is 21.4 Å². The van der Waals surface area contributed by atoms with Crippen LogP contribution in [0.5, 0.6) is 0 Å². The normalized spacial score (nSPS) is 15.9. The van der Waals surface area contributed by atoms with Crippen LogP contribution in [0.25, 0.3) is 17.0 Å². The summed E-state index contributed by atoms with van der Waals surface area (Å²) in [5, 5.41) is 4.08. The Morgan fingerprint density at radius 2 is 1.88 bits per heavy atom. The quantitative estimate of drug-likeness (QED) is 0.540. The molecule has 2 heterocycles. The summed E-state index contributed by atoms with van der Waals surface area (Å²) >= 11 is 5.97. The lowest BCUT2D eigenvalue weighted by Crippen LogP contribution is -2.30. The van der Waals surface area contributed by atoms with Gasteiger partial charge in [0.25, 0.3) is 5.91 Å². The van der Waals surface area contributed by atoms with Gasteiger partial charge in [0.1, 0.15) is 11.5 Å². The highest BCUT2D eigenvalue weighted by Crippen LogP contribution is 2.25. The maximum Gasteiger partial charge on any atom is 0.329 e. The third kappa shape index (κ3) is 2.95. The van der Waals surface area contributed by atoms with Gasteiger partial charge in [0.2, 0.25) is 0 Å². The Morgan fingerprint density at radius 1 is 1.12 bits per heavy atom. The molecule has 0 atom stereocenters. The minimum absolute atomic E-state index is 0.0752. The largest absolute Gasteiger partial charge is 0.361 e. The fraction of sp³-hybridized carbons (Fsp3) is 0.0526. The van der Waals surface area contributed by atoms with Crippen LogP contribution in [0.3, 0.4) is 0 Å². The predicted octanol–water partition coefficient (Wildman–Crippen LogP) is 4.05. The van der Waals surface area contributed by atoms with E-state index in [1.54, 1.807) is 36.5 Å². The molecular weight excluding hydrogens is 357 g/mol. The maximum atomic E-state index is 13.0. The van der Waals surface area contributed by atoms with Crippen LogP contribution in [0.1, 0.15) is 11.1 Å². The molecule has 0 unspecified atom stereocenters. The summed E-state index contributed by atoms with van der Waals surface area (Å²) in [6.07, 6.45) is 3.37. The Kier molecular flexibility index (Phi) is 3.97. The fourth-order valence-electron chi connectivity index (χ4n) is 2.88. The van der Waals surface area contributed by atoms with Crippen LogP contribution in [0.15, 0.2) is 54.4 Å². The first-order chi connectivity index (χ1) is 12.5. The monoisotopic (exact) mass is 369 g/mol. The second-order valence-electron chi connectivity index (χ2n) is 5.94. The maximum absolute atomic E-state index is 13.0. The first kappa shape index (κ1) is 16.4. The van der Waals surface area contributed by atoms with Crippen molar-refractivity contribution in [1.29, 1.82) is 0 Å². The molecule has 4 rings (SSSR count). The number of nitrogens with one attached hydrogen (secondary N) is 2. The zero-order valence-electron chi connectivity index (χ0n) is 13.4. The van der Waals surface area contributed by atoms with E-state index in [9.17, 15) is 14.0 Å². The highest BCUT2D eigenvalue weighted by molar-refractivity contribution is 6.31. The molecule has 5 nitrogen and oxygen atoms in total. The fourth-order valence-corrected chi connectivity index (χ4v) is 3.06. The number of carbonyl (C=O) groups is 2. The number of nitrogens with zero attached hydrogens (tertiary/aromatic N) is 1. The average molecular weight is 370 g/mol. The molecule has 1 aliphatic rings. The minimum atomic E-state index is -0.506. The van der Waals surface area contributed by atoms with Gasteiger partial charge < -0.3 is 10.3 Å². The van der Waals surface area contributed by atoms with Crippen LogP contribution in [-0.4, -0.2) is 21.8 Å². The number of aromatic nitrogens is 1. The zero-order chi connectivity index (χ0) is 18.3. The van der Waals surface area contributed by atoms with E-state index in [1.807, 2.05) is 6.07 Å². The van der Waals surface area contributed by atoms with E-state index < -0.39 is 11.9 Å². The zero-order valence-corrected chi connectivity index (χ0v) is 14.2. The van der Waals surface area contributed by atoms with Crippen molar-refractivity contribution in [1.82, 2.24) is 15.2 Å². The van der Waals surface area contributed by atoms with Gasteiger partial charge in [-0.05, 0) is 35.9 Å². The number of rotatable bonds is 3. The van der Waals surface area contributed by atoms with Crippen molar-refractivity contribution in [2.45, 2.75) is 6.54 Å². The Hall–Kier alpha value is -3.12. The number of halogens is 2. The topological polar surface area (TPSA) is 65.2 Å². The number of hydrogen-bond acceptors (Lipinski definition) is 2. The van der Waals surface area contributed by atoms with Crippen LogP contribution in [-0.2, 0) is 11.3 Å². The molecule has 1 fully saturated rings. The van der Waals surface area contributed by atoms with Gasteiger partial charge in [-0.3, -0.25) is 9.69 Å². The van der Waals surface area contributed by atoms with Crippen molar-refractivity contribution in [3.63, 3.8) is 0 Å². The van der Waals surface area contributed by atoms with Gasteiger partial charge in [0.05, 0.1) is 6.54 Å². The Morgan fingerprint density at radius 3 is 2.65 bits per heavy atom. The molecule has 2 N–H and O–H groups in total. The van der Waals surface area contributed by atoms with E-state index in [-0.39, 0.29) is 18.1 Å². The van der Waals surface area contributed by atoms with Crippen molar-refractivity contribution >= 4 is 40.5 Å². The van der Waals surface area contributed by atoms with E-state index in [0.29, 0.717) is 10.6 Å². The average Bonchev–Trinajstić information content (AvgIpc) is 3.12. The Bertz CT molecular complexity index is 1060. The van der Waals surface area contributed by atoms with Crippen LogP contribution in [0, 0.1) is 5.82 Å². The number of amides is 3. The number of urea groups is 1. The highest BCUT2D eigenvalue weighted by Gasteiger charge is 2.33. The summed E-state index contributed by atoms with van der Waals surface area (Å²) in [6.45, 7) is 0.0752. The lowest BCUT2D eigenvalue weighted by atomic mass is 10.1. The molecule has 130 valence electrons. The molecule has 0 saturated carbocycles. The number of carbonyl (C=O) groups excluding carboxylic acids is 2. The number of aromatic amines is 1. The number of fused-ring (bicyclic) bond motifs is 1. The summed E-state index contributed by atoms with van der Waals surface area (Å²) in [5.41, 5.74) is 2.46. The van der Waals surface area contributed by atoms with Crippen LogP contribution >= 0.6 is 11.6 Å². The minimum Gasteiger partial charge on any atom is -0.361 e. The van der Waals surface area contributed by atoms with Crippen LogP contribution in [0.4, 0.5) is 9.18 Å². The lowest BCUT2D eigenvalue weighted by molar-refractivity contribution is -0.123. The third-order valence-corrected chi connectivity index (χ3v) is 4.43. The van der Waals surface area contributed by atoms with Crippen molar-refractivity contribution < 1.29 is 14.0 Å². The molecule has 3 amide bonds. The number of benzene rings is 2. The number of imide groups is 1. The summed E-state index contributed by atoms with van der Waals surface area (Å²) in [7, 11) is 0. The van der Waals surface area contributed by atoms with Gasteiger partial charge in [0, 0.05) is 27.7 Å². The van der Waals surface area contributed by atoms with Crippen LogP contribution in [0.2, 0.25) is 5.02 Å². The predicted molar refractivity (Wildman–Crippen MR) is 96.8 cm³/mol.